The first-order valence-corrected chi connectivity index (χ1v) is 12.0. The summed E-state index contributed by atoms with van der Waals surface area (Å²) in [5.41, 5.74) is 4.48. The van der Waals surface area contributed by atoms with Crippen LogP contribution in [0, 0.1) is 0 Å². The van der Waals surface area contributed by atoms with E-state index in [1.807, 2.05) is 6.07 Å². The number of aliphatic imine (C=N–C) groups is 1. The van der Waals surface area contributed by atoms with Crippen molar-refractivity contribution in [1.29, 1.82) is 0 Å². The number of halogens is 3. The second-order valence-electron chi connectivity index (χ2n) is 7.11. The Balaban J connectivity index is 2.19. The van der Waals surface area contributed by atoms with E-state index < -0.39 is 19.8 Å². The molecule has 0 radical (unpaired) electrons. The SMILES string of the molecule is C[Si](C)(C)c1cc2c(s1)C(N)=NC(c1ccccc1)(C(F)(F)F)C2. The maximum absolute atomic E-state index is 14.0. The number of fused-ring (bicyclic) bond motifs is 1. The lowest BCUT2D eigenvalue weighted by Gasteiger charge is -2.35. The lowest BCUT2D eigenvalue weighted by molar-refractivity contribution is -0.188. The second kappa shape index (κ2) is 5.45. The van der Waals surface area contributed by atoms with Crippen molar-refractivity contribution < 1.29 is 13.2 Å². The van der Waals surface area contributed by atoms with E-state index in [9.17, 15) is 13.2 Å². The molecule has 2 heterocycles. The molecule has 1 atom stereocenters. The maximum Gasteiger partial charge on any atom is 0.418 e. The summed E-state index contributed by atoms with van der Waals surface area (Å²) in [7, 11) is -1.62. The third-order valence-corrected chi connectivity index (χ3v) is 9.04. The van der Waals surface area contributed by atoms with Crippen molar-refractivity contribution >= 4 is 29.7 Å². The van der Waals surface area contributed by atoms with Gasteiger partial charge in [0.05, 0.1) is 13.0 Å². The Kier molecular flexibility index (Phi) is 3.92. The van der Waals surface area contributed by atoms with Gasteiger partial charge in [0.25, 0.3) is 0 Å². The summed E-state index contributed by atoms with van der Waals surface area (Å²) in [4.78, 5) is 4.68. The minimum atomic E-state index is -4.52. The van der Waals surface area contributed by atoms with Crippen molar-refractivity contribution in [3.8, 4) is 0 Å². The standard InChI is InChI=1S/C17H19F3N2SSi/c1-24(2,3)13-9-11-10-16(17(18,19)20,12-7-5-4-6-8-12)22-15(21)14(11)23-13/h4-9H,10H2,1-3H3,(H2,21,22). The summed E-state index contributed by atoms with van der Waals surface area (Å²) in [6.45, 7) is 6.52. The molecule has 0 spiro atoms. The predicted molar refractivity (Wildman–Crippen MR) is 95.9 cm³/mol. The summed E-state index contributed by atoms with van der Waals surface area (Å²) in [5, 5.41) is 0. The predicted octanol–water partition coefficient (Wildman–Crippen LogP) is 4.01. The molecule has 0 saturated heterocycles. The van der Waals surface area contributed by atoms with Gasteiger partial charge in [0.2, 0.25) is 0 Å². The Morgan fingerprint density at radius 1 is 1.17 bits per heavy atom. The highest BCUT2D eigenvalue weighted by Crippen LogP contribution is 2.47. The highest BCUT2D eigenvalue weighted by molar-refractivity contribution is 7.27. The first-order chi connectivity index (χ1) is 11.0. The van der Waals surface area contributed by atoms with Crippen molar-refractivity contribution in [3.63, 3.8) is 0 Å². The number of rotatable bonds is 2. The van der Waals surface area contributed by atoms with E-state index in [1.54, 1.807) is 18.2 Å². The van der Waals surface area contributed by atoms with Crippen molar-refractivity contribution in [2.45, 2.75) is 37.8 Å². The minimum Gasteiger partial charge on any atom is -0.383 e. The number of hydrogen-bond acceptors (Lipinski definition) is 3. The summed E-state index contributed by atoms with van der Waals surface area (Å²) >= 11 is 1.50. The fourth-order valence-corrected chi connectivity index (χ4v) is 5.90. The van der Waals surface area contributed by atoms with E-state index >= 15 is 0 Å². The molecule has 0 bridgehead atoms. The molecule has 0 saturated carbocycles. The minimum absolute atomic E-state index is 0.00747. The van der Waals surface area contributed by atoms with Gasteiger partial charge in [-0.15, -0.1) is 11.3 Å². The molecule has 1 aliphatic heterocycles. The summed E-state index contributed by atoms with van der Waals surface area (Å²) in [6.07, 6.45) is -4.71. The molecule has 0 fully saturated rings. The van der Waals surface area contributed by atoms with E-state index in [-0.39, 0.29) is 17.8 Å². The quantitative estimate of drug-likeness (QED) is 0.799. The third kappa shape index (κ3) is 2.69. The van der Waals surface area contributed by atoms with Crippen LogP contribution >= 0.6 is 11.3 Å². The normalized spacial score (nSPS) is 21.3. The molecule has 1 aromatic heterocycles. The van der Waals surface area contributed by atoms with Crippen LogP contribution in [0.15, 0.2) is 41.4 Å². The van der Waals surface area contributed by atoms with Gasteiger partial charge in [0.15, 0.2) is 5.54 Å². The van der Waals surface area contributed by atoms with Crippen LogP contribution in [0.1, 0.15) is 16.0 Å². The van der Waals surface area contributed by atoms with Gasteiger partial charge in [0.1, 0.15) is 5.84 Å². The number of hydrogen-bond donors (Lipinski definition) is 1. The van der Waals surface area contributed by atoms with Gasteiger partial charge in [0, 0.05) is 6.42 Å². The van der Waals surface area contributed by atoms with E-state index in [2.05, 4.69) is 24.6 Å². The monoisotopic (exact) mass is 368 g/mol. The molecule has 128 valence electrons. The van der Waals surface area contributed by atoms with Gasteiger partial charge in [-0.2, -0.15) is 13.2 Å². The number of benzene rings is 1. The molecule has 2 aromatic rings. The van der Waals surface area contributed by atoms with Gasteiger partial charge in [-0.05, 0) is 21.7 Å². The van der Waals surface area contributed by atoms with Crippen LogP contribution in [0.2, 0.25) is 19.6 Å². The Labute approximate surface area is 144 Å². The average molecular weight is 368 g/mol. The van der Waals surface area contributed by atoms with Crippen LogP contribution in [0.25, 0.3) is 0 Å². The molecule has 2 N–H and O–H groups in total. The van der Waals surface area contributed by atoms with Crippen LogP contribution in [-0.2, 0) is 12.0 Å². The van der Waals surface area contributed by atoms with Gasteiger partial charge >= 0.3 is 6.18 Å². The van der Waals surface area contributed by atoms with Crippen molar-refractivity contribution in [2.24, 2.45) is 10.7 Å². The van der Waals surface area contributed by atoms with E-state index in [1.165, 1.54) is 23.5 Å². The smallest absolute Gasteiger partial charge is 0.383 e. The molecule has 1 aromatic carbocycles. The lowest BCUT2D eigenvalue weighted by Crippen LogP contribution is -2.46. The van der Waals surface area contributed by atoms with Crippen LogP contribution in [0.4, 0.5) is 13.2 Å². The number of nitrogens with zero attached hydrogens (tertiary/aromatic N) is 1. The Morgan fingerprint density at radius 2 is 1.79 bits per heavy atom. The Morgan fingerprint density at radius 3 is 2.33 bits per heavy atom. The Bertz CT molecular complexity index is 790. The lowest BCUT2D eigenvalue weighted by atomic mass is 9.82. The second-order valence-corrected chi connectivity index (χ2v) is 13.6. The first kappa shape index (κ1) is 17.2. The van der Waals surface area contributed by atoms with E-state index in [0.717, 1.165) is 4.50 Å². The number of thiophene rings is 1. The Hall–Kier alpha value is -1.60. The van der Waals surface area contributed by atoms with Crippen LogP contribution < -0.4 is 10.2 Å². The topological polar surface area (TPSA) is 38.4 Å². The molecule has 2 nitrogen and oxygen atoms in total. The third-order valence-electron chi connectivity index (χ3n) is 4.26. The van der Waals surface area contributed by atoms with Crippen LogP contribution in [0.3, 0.4) is 0 Å². The highest BCUT2D eigenvalue weighted by atomic mass is 32.1. The zero-order valence-electron chi connectivity index (χ0n) is 13.7. The average Bonchev–Trinajstić information content (AvgIpc) is 2.91. The van der Waals surface area contributed by atoms with E-state index in [4.69, 9.17) is 5.73 Å². The maximum atomic E-state index is 14.0. The molecule has 7 heteroatoms. The van der Waals surface area contributed by atoms with E-state index in [0.29, 0.717) is 10.4 Å². The van der Waals surface area contributed by atoms with Crippen molar-refractivity contribution in [2.75, 3.05) is 0 Å². The zero-order chi connectivity index (χ0) is 17.8. The zero-order valence-corrected chi connectivity index (χ0v) is 15.6. The van der Waals surface area contributed by atoms with Gasteiger partial charge in [-0.1, -0.05) is 50.0 Å². The molecule has 1 unspecified atom stereocenters. The summed E-state index contributed by atoms with van der Waals surface area (Å²) in [5.74, 6) is -0.00747. The molecule has 0 aliphatic carbocycles. The molecule has 0 amide bonds. The number of alkyl halides is 3. The summed E-state index contributed by atoms with van der Waals surface area (Å²) < 4.78 is 43.3. The van der Waals surface area contributed by atoms with Gasteiger partial charge in [-0.3, -0.25) is 0 Å². The molecular formula is C17H19F3N2SSi. The van der Waals surface area contributed by atoms with Crippen molar-refractivity contribution in [3.05, 3.63) is 52.4 Å². The van der Waals surface area contributed by atoms with Gasteiger partial charge in [-0.25, -0.2) is 4.99 Å². The first-order valence-electron chi connectivity index (χ1n) is 7.66. The van der Waals surface area contributed by atoms with Crippen LogP contribution in [0.5, 0.6) is 0 Å². The van der Waals surface area contributed by atoms with Gasteiger partial charge < -0.3 is 5.73 Å². The van der Waals surface area contributed by atoms with Crippen LogP contribution in [-0.4, -0.2) is 20.1 Å². The largest absolute Gasteiger partial charge is 0.418 e. The number of nitrogens with two attached hydrogens (primary N) is 1. The molecule has 24 heavy (non-hydrogen) atoms. The molecular weight excluding hydrogens is 349 g/mol. The molecule has 1 aliphatic rings. The molecule has 3 rings (SSSR count). The number of amidine groups is 1. The van der Waals surface area contributed by atoms with Crippen molar-refractivity contribution in [1.82, 2.24) is 0 Å². The highest BCUT2D eigenvalue weighted by Gasteiger charge is 2.58. The fraction of sp³-hybridized carbons (Fsp3) is 0.353. The fourth-order valence-electron chi connectivity index (χ4n) is 2.93. The summed E-state index contributed by atoms with van der Waals surface area (Å²) in [6, 6.07) is 9.76.